The zero-order valence-electron chi connectivity index (χ0n) is 8.66. The third kappa shape index (κ3) is 2.44. The minimum atomic E-state index is -0.226. The van der Waals surface area contributed by atoms with Crippen LogP contribution in [0.4, 0.5) is 0 Å². The molecule has 1 saturated heterocycles. The molecule has 2 atom stereocenters. The summed E-state index contributed by atoms with van der Waals surface area (Å²) in [6, 6.07) is 0. The first-order chi connectivity index (χ1) is 6.02. The van der Waals surface area contributed by atoms with Crippen LogP contribution in [0.5, 0.6) is 0 Å². The van der Waals surface area contributed by atoms with Crippen molar-refractivity contribution in [3.05, 3.63) is 0 Å². The largest absolute Gasteiger partial charge is 0.393 e. The van der Waals surface area contributed by atoms with E-state index in [-0.39, 0.29) is 23.8 Å². The lowest BCUT2D eigenvalue weighted by molar-refractivity contribution is -0.138. The molecule has 0 aromatic heterocycles. The quantitative estimate of drug-likeness (QED) is 0.658. The molecule has 1 heterocycles. The molecular formula is C10H19NO2. The van der Waals surface area contributed by atoms with Crippen molar-refractivity contribution in [3.63, 3.8) is 0 Å². The lowest BCUT2D eigenvalue weighted by Gasteiger charge is -2.35. The Morgan fingerprint density at radius 3 is 2.62 bits per heavy atom. The Morgan fingerprint density at radius 1 is 1.54 bits per heavy atom. The third-order valence-corrected chi connectivity index (χ3v) is 2.67. The van der Waals surface area contributed by atoms with Crippen LogP contribution in [0.1, 0.15) is 27.2 Å². The number of hydrogen-bond acceptors (Lipinski definition) is 2. The van der Waals surface area contributed by atoms with Crippen LogP contribution in [0.3, 0.4) is 0 Å². The number of aliphatic hydroxyl groups is 1. The fourth-order valence-electron chi connectivity index (χ4n) is 1.70. The van der Waals surface area contributed by atoms with Gasteiger partial charge in [0.05, 0.1) is 6.10 Å². The molecule has 0 aromatic rings. The molecule has 1 fully saturated rings. The number of carbonyl (C=O) groups is 1. The summed E-state index contributed by atoms with van der Waals surface area (Å²) in [6.45, 7) is 7.24. The third-order valence-electron chi connectivity index (χ3n) is 2.67. The normalized spacial score (nSPS) is 29.5. The van der Waals surface area contributed by atoms with Gasteiger partial charge in [0.1, 0.15) is 0 Å². The van der Waals surface area contributed by atoms with Gasteiger partial charge in [0.15, 0.2) is 0 Å². The maximum absolute atomic E-state index is 11.6. The topological polar surface area (TPSA) is 40.5 Å². The highest BCUT2D eigenvalue weighted by atomic mass is 16.3. The second-order valence-corrected chi connectivity index (χ2v) is 4.27. The molecule has 76 valence electrons. The van der Waals surface area contributed by atoms with Crippen molar-refractivity contribution >= 4 is 5.91 Å². The highest BCUT2D eigenvalue weighted by Gasteiger charge is 2.27. The van der Waals surface area contributed by atoms with E-state index in [4.69, 9.17) is 0 Å². The standard InChI is InChI=1S/C10H19NO2/c1-7(2)10(13)11-5-4-9(12)8(3)6-11/h7-9,12H,4-6H2,1-3H3/t8-,9+/m1/s1. The monoisotopic (exact) mass is 185 g/mol. The molecule has 1 aliphatic rings. The van der Waals surface area contributed by atoms with E-state index in [1.54, 1.807) is 0 Å². The van der Waals surface area contributed by atoms with Crippen LogP contribution >= 0.6 is 0 Å². The smallest absolute Gasteiger partial charge is 0.225 e. The Morgan fingerprint density at radius 2 is 2.15 bits per heavy atom. The molecule has 0 bridgehead atoms. The number of rotatable bonds is 1. The van der Waals surface area contributed by atoms with Gasteiger partial charge in [0.25, 0.3) is 0 Å². The van der Waals surface area contributed by atoms with Crippen LogP contribution in [0.15, 0.2) is 0 Å². The van der Waals surface area contributed by atoms with E-state index >= 15 is 0 Å². The minimum absolute atomic E-state index is 0.0717. The first-order valence-corrected chi connectivity index (χ1v) is 4.99. The highest BCUT2D eigenvalue weighted by Crippen LogP contribution is 2.17. The van der Waals surface area contributed by atoms with Gasteiger partial charge in [-0.1, -0.05) is 20.8 Å². The van der Waals surface area contributed by atoms with Crippen LogP contribution in [0.25, 0.3) is 0 Å². The Balaban J connectivity index is 2.50. The zero-order chi connectivity index (χ0) is 10.0. The van der Waals surface area contributed by atoms with Gasteiger partial charge in [0, 0.05) is 19.0 Å². The lowest BCUT2D eigenvalue weighted by Crippen LogP contribution is -2.46. The van der Waals surface area contributed by atoms with Gasteiger partial charge in [-0.25, -0.2) is 0 Å². The summed E-state index contributed by atoms with van der Waals surface area (Å²) in [6.07, 6.45) is 0.496. The fraction of sp³-hybridized carbons (Fsp3) is 0.900. The number of carbonyl (C=O) groups excluding carboxylic acids is 1. The SMILES string of the molecule is CC(C)C(=O)N1CC[C@H](O)[C@H](C)C1. The molecule has 1 aliphatic heterocycles. The van der Waals surface area contributed by atoms with E-state index in [1.165, 1.54) is 0 Å². The van der Waals surface area contributed by atoms with Crippen LogP contribution in [-0.2, 0) is 4.79 Å². The summed E-state index contributed by atoms with van der Waals surface area (Å²) in [4.78, 5) is 13.5. The Kier molecular flexibility index (Phi) is 3.31. The molecule has 0 radical (unpaired) electrons. The second-order valence-electron chi connectivity index (χ2n) is 4.27. The maximum atomic E-state index is 11.6. The highest BCUT2D eigenvalue weighted by molar-refractivity contribution is 5.78. The van der Waals surface area contributed by atoms with Crippen molar-refractivity contribution < 1.29 is 9.90 Å². The summed E-state index contributed by atoms with van der Waals surface area (Å²) >= 11 is 0. The summed E-state index contributed by atoms with van der Waals surface area (Å²) < 4.78 is 0. The predicted octanol–water partition coefficient (Wildman–Crippen LogP) is 0.872. The van der Waals surface area contributed by atoms with Crippen LogP contribution in [0, 0.1) is 11.8 Å². The van der Waals surface area contributed by atoms with Crippen molar-refractivity contribution in [1.82, 2.24) is 4.90 Å². The van der Waals surface area contributed by atoms with Crippen molar-refractivity contribution in [1.29, 1.82) is 0 Å². The van der Waals surface area contributed by atoms with Gasteiger partial charge in [0.2, 0.25) is 5.91 Å². The van der Waals surface area contributed by atoms with Gasteiger partial charge in [-0.2, -0.15) is 0 Å². The van der Waals surface area contributed by atoms with Gasteiger partial charge in [-0.3, -0.25) is 4.79 Å². The second kappa shape index (κ2) is 4.09. The van der Waals surface area contributed by atoms with Crippen LogP contribution in [0.2, 0.25) is 0 Å². The minimum Gasteiger partial charge on any atom is -0.393 e. The molecule has 1 N–H and O–H groups in total. The van der Waals surface area contributed by atoms with Crippen molar-refractivity contribution in [2.24, 2.45) is 11.8 Å². The molecule has 0 saturated carbocycles. The number of likely N-dealkylation sites (tertiary alicyclic amines) is 1. The molecule has 0 aliphatic carbocycles. The molecule has 0 spiro atoms. The average Bonchev–Trinajstić information content (AvgIpc) is 2.08. The van der Waals surface area contributed by atoms with Gasteiger partial charge in [-0.15, -0.1) is 0 Å². The lowest BCUT2D eigenvalue weighted by atomic mass is 9.96. The van der Waals surface area contributed by atoms with Crippen molar-refractivity contribution in [2.45, 2.75) is 33.3 Å². The Hall–Kier alpha value is -0.570. The molecule has 3 nitrogen and oxygen atoms in total. The molecular weight excluding hydrogens is 166 g/mol. The number of nitrogens with zero attached hydrogens (tertiary/aromatic N) is 1. The van der Waals surface area contributed by atoms with Crippen molar-refractivity contribution in [2.75, 3.05) is 13.1 Å². The van der Waals surface area contributed by atoms with Gasteiger partial charge < -0.3 is 10.0 Å². The van der Waals surface area contributed by atoms with E-state index in [1.807, 2.05) is 25.7 Å². The van der Waals surface area contributed by atoms with E-state index in [0.717, 1.165) is 6.42 Å². The van der Waals surface area contributed by atoms with E-state index in [9.17, 15) is 9.90 Å². The molecule has 0 aromatic carbocycles. The van der Waals surface area contributed by atoms with E-state index < -0.39 is 0 Å². The number of hydrogen-bond donors (Lipinski definition) is 1. The first-order valence-electron chi connectivity index (χ1n) is 4.99. The van der Waals surface area contributed by atoms with Gasteiger partial charge >= 0.3 is 0 Å². The summed E-state index contributed by atoms with van der Waals surface area (Å²) in [5.74, 6) is 0.498. The van der Waals surface area contributed by atoms with Gasteiger partial charge in [-0.05, 0) is 12.3 Å². The average molecular weight is 185 g/mol. The van der Waals surface area contributed by atoms with Crippen LogP contribution < -0.4 is 0 Å². The van der Waals surface area contributed by atoms with Crippen LogP contribution in [-0.4, -0.2) is 35.1 Å². The summed E-state index contributed by atoms with van der Waals surface area (Å²) in [7, 11) is 0. The van der Waals surface area contributed by atoms with E-state index in [2.05, 4.69) is 0 Å². The number of amides is 1. The predicted molar refractivity (Wildman–Crippen MR) is 51.2 cm³/mol. The summed E-state index contributed by atoms with van der Waals surface area (Å²) in [5, 5.41) is 9.48. The molecule has 13 heavy (non-hydrogen) atoms. The first kappa shape index (κ1) is 10.5. The zero-order valence-corrected chi connectivity index (χ0v) is 8.66. The molecule has 1 amide bonds. The number of aliphatic hydroxyl groups excluding tert-OH is 1. The summed E-state index contributed by atoms with van der Waals surface area (Å²) in [5.41, 5.74) is 0. The molecule has 1 rings (SSSR count). The molecule has 0 unspecified atom stereocenters. The Bertz CT molecular complexity index is 191. The fourth-order valence-corrected chi connectivity index (χ4v) is 1.70. The Labute approximate surface area is 79.7 Å². The number of piperidine rings is 1. The van der Waals surface area contributed by atoms with E-state index in [0.29, 0.717) is 13.1 Å². The maximum Gasteiger partial charge on any atom is 0.225 e. The van der Waals surface area contributed by atoms with Crippen molar-refractivity contribution in [3.8, 4) is 0 Å². The molecule has 3 heteroatoms.